The van der Waals surface area contributed by atoms with Crippen LogP contribution in [-0.4, -0.2) is 64.1 Å². The van der Waals surface area contributed by atoms with Crippen LogP contribution in [0.15, 0.2) is 26.2 Å². The summed E-state index contributed by atoms with van der Waals surface area (Å²) < 4.78 is 1.82. The molecule has 1 amide bonds. The summed E-state index contributed by atoms with van der Waals surface area (Å²) >= 11 is 6.42. The van der Waals surface area contributed by atoms with Crippen LogP contribution in [-0.2, 0) is 11.3 Å². The quantitative estimate of drug-likeness (QED) is 0.712. The van der Waals surface area contributed by atoms with Crippen molar-refractivity contribution in [2.75, 3.05) is 38.2 Å². The van der Waals surface area contributed by atoms with Gasteiger partial charge in [-0.2, -0.15) is 0 Å². The molecule has 2 aromatic heterocycles. The number of hydrogen-bond donors (Lipinski definition) is 0. The molecule has 0 saturated carbocycles. The van der Waals surface area contributed by atoms with E-state index in [0.29, 0.717) is 5.75 Å². The molecular weight excluding hydrogens is 368 g/mol. The molecule has 23 heavy (non-hydrogen) atoms. The van der Waals surface area contributed by atoms with Gasteiger partial charge in [-0.1, -0.05) is 40.9 Å². The Hall–Kier alpha value is -0.610. The van der Waals surface area contributed by atoms with E-state index >= 15 is 0 Å². The van der Waals surface area contributed by atoms with E-state index in [4.69, 9.17) is 0 Å². The molecule has 3 heterocycles. The second-order valence-corrected chi connectivity index (χ2v) is 9.35. The zero-order chi connectivity index (χ0) is 16.1. The molecule has 1 aliphatic heterocycles. The Bertz CT molecular complexity index is 623. The maximum Gasteiger partial charge on any atom is 0.233 e. The minimum Gasteiger partial charge on any atom is -0.339 e. The number of nitrogens with zero attached hydrogens (tertiary/aromatic N) is 4. The Morgan fingerprint density at radius 2 is 2.04 bits per heavy atom. The highest BCUT2D eigenvalue weighted by Gasteiger charge is 2.21. The maximum absolute atomic E-state index is 12.3. The summed E-state index contributed by atoms with van der Waals surface area (Å²) in [5.74, 6) is 0.653. The topological polar surface area (TPSA) is 49.3 Å². The van der Waals surface area contributed by atoms with E-state index in [2.05, 4.69) is 32.6 Å². The number of amides is 1. The van der Waals surface area contributed by atoms with Crippen molar-refractivity contribution in [3.63, 3.8) is 0 Å². The average molecular weight is 387 g/mol. The number of thioether (sulfide) groups is 2. The summed E-state index contributed by atoms with van der Waals surface area (Å²) in [5, 5.41) is 10.3. The lowest BCUT2D eigenvalue weighted by atomic mass is 10.3. The number of aromatic nitrogens is 2. The number of thiophene rings is 1. The van der Waals surface area contributed by atoms with E-state index in [1.807, 2.05) is 11.2 Å². The summed E-state index contributed by atoms with van der Waals surface area (Å²) in [5.41, 5.74) is 0. The largest absolute Gasteiger partial charge is 0.339 e. The zero-order valence-corrected chi connectivity index (χ0v) is 16.1. The molecule has 3 rings (SSSR count). The van der Waals surface area contributed by atoms with Gasteiger partial charge in [0, 0.05) is 37.6 Å². The standard InChI is InChI=1S/C14H18N4OS4/c1-20-13-15-16-14(23-13)22-10-12(19)18-6-4-17(5-7-18)9-11-3-2-8-21-11/h2-3,8H,4-7,9-10H2,1H3. The monoisotopic (exact) mass is 386 g/mol. The molecule has 0 aromatic carbocycles. The third-order valence-corrected chi connectivity index (χ3v) is 7.44. The molecule has 5 nitrogen and oxygen atoms in total. The van der Waals surface area contributed by atoms with Gasteiger partial charge in [-0.05, 0) is 17.7 Å². The summed E-state index contributed by atoms with van der Waals surface area (Å²) in [6.45, 7) is 4.53. The van der Waals surface area contributed by atoms with Crippen LogP contribution in [0.1, 0.15) is 4.88 Å². The summed E-state index contributed by atoms with van der Waals surface area (Å²) in [7, 11) is 0. The second kappa shape index (κ2) is 8.48. The number of carbonyl (C=O) groups is 1. The van der Waals surface area contributed by atoms with Crippen molar-refractivity contribution in [1.29, 1.82) is 0 Å². The number of hydrogen-bond acceptors (Lipinski definition) is 8. The fourth-order valence-corrected chi connectivity index (χ4v) is 5.42. The molecule has 0 bridgehead atoms. The molecule has 0 atom stereocenters. The molecule has 1 saturated heterocycles. The second-order valence-electron chi connectivity index (χ2n) is 5.06. The van der Waals surface area contributed by atoms with Crippen molar-refractivity contribution in [2.24, 2.45) is 0 Å². The van der Waals surface area contributed by atoms with Gasteiger partial charge in [0.05, 0.1) is 5.75 Å². The molecule has 2 aromatic rings. The minimum absolute atomic E-state index is 0.201. The van der Waals surface area contributed by atoms with E-state index in [1.165, 1.54) is 16.6 Å². The maximum atomic E-state index is 12.3. The van der Waals surface area contributed by atoms with E-state index in [9.17, 15) is 4.79 Å². The van der Waals surface area contributed by atoms with Crippen molar-refractivity contribution in [3.05, 3.63) is 22.4 Å². The third-order valence-electron chi connectivity index (χ3n) is 3.57. The van der Waals surface area contributed by atoms with Crippen LogP contribution in [0.4, 0.5) is 0 Å². The lowest BCUT2D eigenvalue weighted by molar-refractivity contribution is -0.130. The average Bonchev–Trinajstić information content (AvgIpc) is 3.24. The van der Waals surface area contributed by atoms with Crippen LogP contribution in [0.2, 0.25) is 0 Å². The summed E-state index contributed by atoms with van der Waals surface area (Å²) in [4.78, 5) is 18.1. The Morgan fingerprint density at radius 3 is 2.70 bits per heavy atom. The van der Waals surface area contributed by atoms with Crippen LogP contribution in [0.3, 0.4) is 0 Å². The number of carbonyl (C=O) groups excluding carboxylic acids is 1. The summed E-state index contributed by atoms with van der Waals surface area (Å²) in [6.07, 6.45) is 1.98. The first-order valence-corrected chi connectivity index (χ1v) is 11.2. The number of rotatable bonds is 6. The molecule has 9 heteroatoms. The van der Waals surface area contributed by atoms with Crippen molar-refractivity contribution in [1.82, 2.24) is 20.0 Å². The predicted octanol–water partition coefficient (Wildman–Crippen LogP) is 2.76. The van der Waals surface area contributed by atoms with Crippen LogP contribution < -0.4 is 0 Å². The highest BCUT2D eigenvalue weighted by atomic mass is 32.2. The van der Waals surface area contributed by atoms with Gasteiger partial charge in [0.15, 0.2) is 8.68 Å². The minimum atomic E-state index is 0.201. The third kappa shape index (κ3) is 4.93. The van der Waals surface area contributed by atoms with Gasteiger partial charge in [0.2, 0.25) is 5.91 Å². The first-order chi connectivity index (χ1) is 11.2. The van der Waals surface area contributed by atoms with Crippen LogP contribution in [0.25, 0.3) is 0 Å². The Labute approximate surface area is 152 Å². The highest BCUT2D eigenvalue weighted by molar-refractivity contribution is 8.03. The fraction of sp³-hybridized carbons (Fsp3) is 0.500. The van der Waals surface area contributed by atoms with Gasteiger partial charge in [0.25, 0.3) is 0 Å². The molecule has 1 aliphatic rings. The van der Waals surface area contributed by atoms with E-state index < -0.39 is 0 Å². The molecule has 0 unspecified atom stereocenters. The molecule has 124 valence electrons. The van der Waals surface area contributed by atoms with E-state index in [0.717, 1.165) is 41.4 Å². The van der Waals surface area contributed by atoms with E-state index in [-0.39, 0.29) is 5.91 Å². The Balaban J connectivity index is 1.41. The SMILES string of the molecule is CSc1nnc(SCC(=O)N2CCN(Cc3cccs3)CC2)s1. The molecule has 0 aliphatic carbocycles. The molecule has 0 radical (unpaired) electrons. The lowest BCUT2D eigenvalue weighted by Crippen LogP contribution is -2.48. The van der Waals surface area contributed by atoms with Crippen molar-refractivity contribution in [3.8, 4) is 0 Å². The van der Waals surface area contributed by atoms with Crippen LogP contribution in [0, 0.1) is 0 Å². The Morgan fingerprint density at radius 1 is 1.26 bits per heavy atom. The van der Waals surface area contributed by atoms with Gasteiger partial charge in [0.1, 0.15) is 0 Å². The number of piperazine rings is 1. The van der Waals surface area contributed by atoms with Crippen molar-refractivity contribution < 1.29 is 4.79 Å². The zero-order valence-electron chi connectivity index (χ0n) is 12.8. The van der Waals surface area contributed by atoms with Gasteiger partial charge >= 0.3 is 0 Å². The first kappa shape index (κ1) is 17.2. The fourth-order valence-electron chi connectivity index (χ4n) is 2.33. The van der Waals surface area contributed by atoms with Gasteiger partial charge < -0.3 is 4.90 Å². The smallest absolute Gasteiger partial charge is 0.233 e. The van der Waals surface area contributed by atoms with Crippen LogP contribution in [0.5, 0.6) is 0 Å². The molecule has 1 fully saturated rings. The van der Waals surface area contributed by atoms with Crippen molar-refractivity contribution in [2.45, 2.75) is 15.2 Å². The molecular formula is C14H18N4OS4. The molecule has 0 spiro atoms. The van der Waals surface area contributed by atoms with Crippen LogP contribution >= 0.6 is 46.2 Å². The molecule has 0 N–H and O–H groups in total. The first-order valence-electron chi connectivity index (χ1n) is 7.27. The van der Waals surface area contributed by atoms with E-state index in [1.54, 1.807) is 34.4 Å². The van der Waals surface area contributed by atoms with Gasteiger partial charge in [-0.25, -0.2) is 0 Å². The van der Waals surface area contributed by atoms with Crippen molar-refractivity contribution >= 4 is 52.1 Å². The highest BCUT2D eigenvalue weighted by Crippen LogP contribution is 2.27. The van der Waals surface area contributed by atoms with Gasteiger partial charge in [-0.15, -0.1) is 21.5 Å². The Kier molecular flexibility index (Phi) is 6.35. The summed E-state index contributed by atoms with van der Waals surface area (Å²) in [6, 6.07) is 4.26. The van der Waals surface area contributed by atoms with Gasteiger partial charge in [-0.3, -0.25) is 9.69 Å². The predicted molar refractivity (Wildman–Crippen MR) is 98.6 cm³/mol. The normalized spacial score (nSPS) is 16.0. The lowest BCUT2D eigenvalue weighted by Gasteiger charge is -2.34.